The van der Waals surface area contributed by atoms with E-state index in [2.05, 4.69) is 38.3 Å². The highest BCUT2D eigenvalue weighted by atomic mass is 14.0. The van der Waals surface area contributed by atoms with Crippen LogP contribution in [0.1, 0.15) is 64.7 Å². The molecule has 0 atom stereocenters. The van der Waals surface area contributed by atoms with E-state index in [0.29, 0.717) is 0 Å². The van der Waals surface area contributed by atoms with Crippen molar-refractivity contribution in [2.24, 2.45) is 0 Å². The van der Waals surface area contributed by atoms with Gasteiger partial charge in [0, 0.05) is 19.9 Å². The zero-order valence-electron chi connectivity index (χ0n) is 12.4. The van der Waals surface area contributed by atoms with Gasteiger partial charge in [-0.15, -0.1) is 13.2 Å². The fourth-order valence-electron chi connectivity index (χ4n) is 1.66. The minimum atomic E-state index is 1.32. The van der Waals surface area contributed by atoms with Gasteiger partial charge in [0.05, 0.1) is 25.3 Å². The highest BCUT2D eigenvalue weighted by molar-refractivity contribution is 4.85. The second-order valence-corrected chi connectivity index (χ2v) is 4.25. The molecule has 18 heavy (non-hydrogen) atoms. The quantitative estimate of drug-likeness (QED) is 0.368. The molecule has 0 aromatic carbocycles. The first kappa shape index (κ1) is 19.3. The summed E-state index contributed by atoms with van der Waals surface area (Å²) in [6, 6.07) is 0. The molecule has 0 heterocycles. The molecule has 0 amide bonds. The van der Waals surface area contributed by atoms with Gasteiger partial charge in [0.15, 0.2) is 0 Å². The summed E-state index contributed by atoms with van der Waals surface area (Å²) in [5.74, 6) is 0. The molecule has 0 bridgehead atoms. The van der Waals surface area contributed by atoms with Crippen molar-refractivity contribution >= 4 is 0 Å². The van der Waals surface area contributed by atoms with Crippen LogP contribution < -0.4 is 0 Å². The summed E-state index contributed by atoms with van der Waals surface area (Å²) in [5.41, 5.74) is 0. The van der Waals surface area contributed by atoms with E-state index in [1.165, 1.54) is 57.8 Å². The topological polar surface area (TPSA) is 0 Å². The third-order valence-corrected chi connectivity index (χ3v) is 2.71. The van der Waals surface area contributed by atoms with Crippen LogP contribution in [0, 0.1) is 12.8 Å². The molecule has 102 valence electrons. The average molecular weight is 248 g/mol. The van der Waals surface area contributed by atoms with Crippen LogP contribution in [0.25, 0.3) is 0 Å². The molecule has 0 radical (unpaired) electrons. The minimum absolute atomic E-state index is 1.32. The highest BCUT2D eigenvalue weighted by Gasteiger charge is 2.04. The molecule has 0 saturated heterocycles. The van der Waals surface area contributed by atoms with Crippen molar-refractivity contribution in [3.05, 3.63) is 50.8 Å². The van der Waals surface area contributed by atoms with Crippen molar-refractivity contribution in [2.45, 2.75) is 64.7 Å². The Morgan fingerprint density at radius 3 is 1.50 bits per heavy atom. The maximum Gasteiger partial charge on any atom is 0.0875 e. The molecule has 0 aliphatic heterocycles. The van der Waals surface area contributed by atoms with Crippen molar-refractivity contribution in [3.63, 3.8) is 0 Å². The molecule has 0 unspecified atom stereocenters. The molecule has 0 heteroatoms. The first-order valence-corrected chi connectivity index (χ1v) is 7.29. The molecule has 0 aromatic heterocycles. The summed E-state index contributed by atoms with van der Waals surface area (Å²) < 4.78 is 0. The SMILES string of the molecule is C1=CCCCC1.C=C.C=C[CH+]C.[CH+]1CCCCC1. The van der Waals surface area contributed by atoms with Gasteiger partial charge in [0.25, 0.3) is 0 Å². The van der Waals surface area contributed by atoms with Crippen LogP contribution in [0.5, 0.6) is 0 Å². The zero-order chi connectivity index (χ0) is 13.9. The fourth-order valence-corrected chi connectivity index (χ4v) is 1.66. The lowest BCUT2D eigenvalue weighted by molar-refractivity contribution is 0.593. The van der Waals surface area contributed by atoms with E-state index in [4.69, 9.17) is 0 Å². The first-order valence-electron chi connectivity index (χ1n) is 7.29. The van der Waals surface area contributed by atoms with Gasteiger partial charge < -0.3 is 0 Å². The molecule has 0 nitrogen and oxygen atoms in total. The van der Waals surface area contributed by atoms with Crippen molar-refractivity contribution in [2.75, 3.05) is 0 Å². The Kier molecular flexibility index (Phi) is 22.8. The standard InChI is InChI=1S/C6H11.C6H10.C4H7.C2H4/c2*1-2-4-6-5-3-1;1-3-4-2;1-2/h1H,2-6H2;1-2H,3-6H2;3-4H,1H2,2H3;1-2H2/q+1;;+1;. The van der Waals surface area contributed by atoms with Gasteiger partial charge in [-0.2, -0.15) is 0 Å². The van der Waals surface area contributed by atoms with E-state index >= 15 is 0 Å². The van der Waals surface area contributed by atoms with E-state index in [1.807, 2.05) is 13.3 Å². The molecule has 0 aromatic rings. The summed E-state index contributed by atoms with van der Waals surface area (Å²) in [6.07, 6.45) is 23.1. The summed E-state index contributed by atoms with van der Waals surface area (Å²) in [7, 11) is 0. The van der Waals surface area contributed by atoms with Crippen molar-refractivity contribution in [1.82, 2.24) is 0 Å². The predicted molar refractivity (Wildman–Crippen MR) is 86.4 cm³/mol. The van der Waals surface area contributed by atoms with Gasteiger partial charge in [0.2, 0.25) is 0 Å². The normalized spacial score (nSPS) is 16.1. The van der Waals surface area contributed by atoms with Crippen LogP contribution in [0.3, 0.4) is 0 Å². The fraction of sp³-hybridized carbons (Fsp3) is 0.556. The van der Waals surface area contributed by atoms with Gasteiger partial charge in [-0.1, -0.05) is 12.2 Å². The Morgan fingerprint density at radius 1 is 0.944 bits per heavy atom. The molecule has 1 saturated carbocycles. The van der Waals surface area contributed by atoms with Crippen LogP contribution in [0.2, 0.25) is 0 Å². The monoisotopic (exact) mass is 248 g/mol. The van der Waals surface area contributed by atoms with Gasteiger partial charge in [0.1, 0.15) is 0 Å². The third-order valence-electron chi connectivity index (χ3n) is 2.71. The van der Waals surface area contributed by atoms with E-state index in [1.54, 1.807) is 6.08 Å². The van der Waals surface area contributed by atoms with Crippen LogP contribution >= 0.6 is 0 Å². The maximum absolute atomic E-state index is 3.42. The molecule has 2 rings (SSSR count). The lowest BCUT2D eigenvalue weighted by Crippen LogP contribution is -1.87. The first-order chi connectivity index (χ1) is 8.91. The smallest absolute Gasteiger partial charge is 0.0875 e. The highest BCUT2D eigenvalue weighted by Crippen LogP contribution is 2.14. The summed E-state index contributed by atoms with van der Waals surface area (Å²) in [5, 5.41) is 0. The van der Waals surface area contributed by atoms with E-state index in [-0.39, 0.29) is 0 Å². The largest absolute Gasteiger partial charge is 0.106 e. The van der Waals surface area contributed by atoms with Crippen LogP contribution in [-0.4, -0.2) is 0 Å². The Morgan fingerprint density at radius 2 is 1.39 bits per heavy atom. The molecular formula is C18H32+2. The lowest BCUT2D eigenvalue weighted by atomic mass is 10.0. The molecule has 0 N–H and O–H groups in total. The molecule has 2 aliphatic rings. The van der Waals surface area contributed by atoms with E-state index in [9.17, 15) is 0 Å². The van der Waals surface area contributed by atoms with Gasteiger partial charge in [-0.25, -0.2) is 0 Å². The molecule has 0 spiro atoms. The van der Waals surface area contributed by atoms with Gasteiger partial charge in [-0.3, -0.25) is 0 Å². The molecular weight excluding hydrogens is 216 g/mol. The van der Waals surface area contributed by atoms with Crippen molar-refractivity contribution in [1.29, 1.82) is 0 Å². The summed E-state index contributed by atoms with van der Waals surface area (Å²) in [6.45, 7) is 11.4. The summed E-state index contributed by atoms with van der Waals surface area (Å²) >= 11 is 0. The molecule has 2 aliphatic carbocycles. The number of allylic oxidation sites excluding steroid dienone is 3. The Hall–Kier alpha value is -1.04. The molecule has 1 fully saturated rings. The van der Waals surface area contributed by atoms with Crippen LogP contribution in [0.15, 0.2) is 38.0 Å². The number of hydrogen-bond acceptors (Lipinski definition) is 0. The Bertz CT molecular complexity index is 143. The van der Waals surface area contributed by atoms with Crippen LogP contribution in [0.4, 0.5) is 0 Å². The minimum Gasteiger partial charge on any atom is -0.106 e. The number of rotatable bonds is 1. The van der Waals surface area contributed by atoms with Crippen molar-refractivity contribution < 1.29 is 0 Å². The second kappa shape index (κ2) is 21.3. The Balaban J connectivity index is 0. The predicted octanol–water partition coefficient (Wildman–Crippen LogP) is 6.47. The third kappa shape index (κ3) is 20.4. The zero-order valence-corrected chi connectivity index (χ0v) is 12.4. The Labute approximate surface area is 116 Å². The number of hydrogen-bond donors (Lipinski definition) is 0. The summed E-state index contributed by atoms with van der Waals surface area (Å²) in [4.78, 5) is 0. The van der Waals surface area contributed by atoms with E-state index < -0.39 is 0 Å². The average Bonchev–Trinajstić information content (AvgIpc) is 2.53. The van der Waals surface area contributed by atoms with E-state index in [0.717, 1.165) is 0 Å². The van der Waals surface area contributed by atoms with Gasteiger partial charge >= 0.3 is 0 Å². The lowest BCUT2D eigenvalue weighted by Gasteiger charge is -1.97. The van der Waals surface area contributed by atoms with Gasteiger partial charge in [-0.05, 0) is 44.9 Å². The second-order valence-electron chi connectivity index (χ2n) is 4.25. The maximum atomic E-state index is 3.42. The van der Waals surface area contributed by atoms with Crippen LogP contribution in [-0.2, 0) is 0 Å². The van der Waals surface area contributed by atoms with Crippen molar-refractivity contribution in [3.8, 4) is 0 Å².